The highest BCUT2D eigenvalue weighted by molar-refractivity contribution is 5.85. The summed E-state index contributed by atoms with van der Waals surface area (Å²) in [6.45, 7) is 2.49. The number of hydrogen-bond donors (Lipinski definition) is 2. The smallest absolute Gasteiger partial charge is 0.435 e. The van der Waals surface area contributed by atoms with Crippen molar-refractivity contribution in [1.82, 2.24) is 39.7 Å². The van der Waals surface area contributed by atoms with Gasteiger partial charge < -0.3 is 15.0 Å². The second-order valence-corrected chi connectivity index (χ2v) is 9.19. The highest BCUT2D eigenvalue weighted by atomic mass is 19.4. The fourth-order valence-electron chi connectivity index (χ4n) is 4.49. The molecule has 1 aliphatic carbocycles. The van der Waals surface area contributed by atoms with Crippen LogP contribution in [0.3, 0.4) is 0 Å². The Morgan fingerprint density at radius 1 is 1.10 bits per heavy atom. The molecule has 0 atom stereocenters. The number of aromatic amines is 1. The molecular formula is C26H24F3N9O. The number of nitrogens with zero attached hydrogens (tertiary/aromatic N) is 7. The monoisotopic (exact) mass is 535 g/mol. The lowest BCUT2D eigenvalue weighted by Gasteiger charge is -2.13. The van der Waals surface area contributed by atoms with Gasteiger partial charge in [-0.1, -0.05) is 24.3 Å². The molecule has 0 aliphatic heterocycles. The van der Waals surface area contributed by atoms with Gasteiger partial charge in [0.25, 0.3) is 0 Å². The van der Waals surface area contributed by atoms with E-state index >= 15 is 0 Å². The Kier molecular flexibility index (Phi) is 6.12. The van der Waals surface area contributed by atoms with E-state index in [9.17, 15) is 13.2 Å². The number of ether oxygens (including phenoxy) is 1. The number of hydrogen-bond acceptors (Lipinski definition) is 8. The Balaban J connectivity index is 1.28. The second kappa shape index (κ2) is 9.64. The summed E-state index contributed by atoms with van der Waals surface area (Å²) < 4.78 is 46.4. The summed E-state index contributed by atoms with van der Waals surface area (Å²) in [6.07, 6.45) is 0.618. The third-order valence-corrected chi connectivity index (χ3v) is 6.59. The van der Waals surface area contributed by atoms with Crippen LogP contribution in [0.4, 0.5) is 19.0 Å². The predicted octanol–water partition coefficient (Wildman–Crippen LogP) is 5.21. The molecule has 13 heteroatoms. The number of nitrogens with one attached hydrogen (secondary N) is 2. The Hall–Kier alpha value is -4.55. The van der Waals surface area contributed by atoms with Crippen LogP contribution in [-0.4, -0.2) is 46.8 Å². The van der Waals surface area contributed by atoms with Crippen LogP contribution < -0.4 is 10.1 Å². The number of halogens is 3. The maximum absolute atomic E-state index is 13.2. The van der Waals surface area contributed by atoms with Crippen LogP contribution in [-0.2, 0) is 19.3 Å². The molecule has 1 fully saturated rings. The van der Waals surface area contributed by atoms with E-state index in [-0.39, 0.29) is 0 Å². The van der Waals surface area contributed by atoms with Crippen molar-refractivity contribution < 1.29 is 17.9 Å². The first-order chi connectivity index (χ1) is 18.9. The van der Waals surface area contributed by atoms with Crippen molar-refractivity contribution in [3.63, 3.8) is 0 Å². The molecule has 200 valence electrons. The molecule has 0 bridgehead atoms. The molecular weight excluding hydrogens is 511 g/mol. The minimum absolute atomic E-state index is 0.321. The SMILES string of the molecule is CCn1nc(C(F)(F)F)cc1-c1ccc(CNc2nc(-c3c(OC)ncnc3C3CC3)nc3nc[nH]c23)cc1. The molecule has 39 heavy (non-hydrogen) atoms. The van der Waals surface area contributed by atoms with Crippen LogP contribution in [0.2, 0.25) is 0 Å². The lowest BCUT2D eigenvalue weighted by atomic mass is 10.1. The number of rotatable bonds is 8. The number of anilines is 1. The number of aryl methyl sites for hydroxylation is 1. The van der Waals surface area contributed by atoms with Gasteiger partial charge in [-0.3, -0.25) is 4.68 Å². The normalized spacial score (nSPS) is 13.7. The molecule has 0 radical (unpaired) electrons. The number of imidazole rings is 1. The fourth-order valence-corrected chi connectivity index (χ4v) is 4.49. The Bertz CT molecular complexity index is 1640. The molecule has 1 saturated carbocycles. The first-order valence-corrected chi connectivity index (χ1v) is 12.4. The molecule has 10 nitrogen and oxygen atoms in total. The molecule has 4 heterocycles. The summed E-state index contributed by atoms with van der Waals surface area (Å²) in [7, 11) is 1.55. The lowest BCUT2D eigenvalue weighted by Crippen LogP contribution is -2.07. The van der Waals surface area contributed by atoms with Crippen LogP contribution in [0.5, 0.6) is 5.88 Å². The van der Waals surface area contributed by atoms with Gasteiger partial charge in [-0.25, -0.2) is 24.9 Å². The summed E-state index contributed by atoms with van der Waals surface area (Å²) in [6, 6.07) is 8.35. The van der Waals surface area contributed by atoms with Gasteiger partial charge in [-0.2, -0.15) is 18.3 Å². The van der Waals surface area contributed by atoms with Gasteiger partial charge in [0.2, 0.25) is 5.88 Å². The lowest BCUT2D eigenvalue weighted by molar-refractivity contribution is -0.141. The molecule has 6 rings (SSSR count). The van der Waals surface area contributed by atoms with Crippen molar-refractivity contribution in [2.45, 2.75) is 44.9 Å². The van der Waals surface area contributed by atoms with Crippen molar-refractivity contribution in [2.75, 3.05) is 12.4 Å². The molecule has 0 unspecified atom stereocenters. The minimum atomic E-state index is -4.50. The van der Waals surface area contributed by atoms with E-state index in [2.05, 4.69) is 35.3 Å². The third kappa shape index (κ3) is 4.75. The Morgan fingerprint density at radius 3 is 2.59 bits per heavy atom. The van der Waals surface area contributed by atoms with Gasteiger partial charge in [0.05, 0.1) is 24.8 Å². The molecule has 2 N–H and O–H groups in total. The van der Waals surface area contributed by atoms with Crippen molar-refractivity contribution in [2.24, 2.45) is 0 Å². The quantitative estimate of drug-likeness (QED) is 0.278. The summed E-state index contributed by atoms with van der Waals surface area (Å²) in [5.74, 6) is 1.69. The van der Waals surface area contributed by atoms with E-state index in [0.717, 1.165) is 30.2 Å². The molecule has 1 aromatic carbocycles. The van der Waals surface area contributed by atoms with Gasteiger partial charge in [0.1, 0.15) is 17.4 Å². The van der Waals surface area contributed by atoms with E-state index in [1.165, 1.54) is 11.0 Å². The van der Waals surface area contributed by atoms with Crippen molar-refractivity contribution in [3.8, 4) is 28.5 Å². The standard InChI is InChI=1S/C26H24F3N9O/c1-3-38-17(10-18(37-38)26(27,28)29)15-6-4-14(5-7-15)11-30-23-21-24(33-12-32-21)36-22(35-23)19-20(16-8-9-16)31-13-34-25(19)39-2/h4-7,10,12-13,16H,3,8-9,11H2,1-2H3,(H2,30,32,33,35,36). The maximum Gasteiger partial charge on any atom is 0.435 e. The maximum atomic E-state index is 13.2. The van der Waals surface area contributed by atoms with Gasteiger partial charge in [0, 0.05) is 19.0 Å². The Labute approximate surface area is 220 Å². The Morgan fingerprint density at radius 2 is 1.90 bits per heavy atom. The van der Waals surface area contributed by atoms with E-state index in [1.54, 1.807) is 32.5 Å². The number of aromatic nitrogens is 8. The highest BCUT2D eigenvalue weighted by Crippen LogP contribution is 2.45. The zero-order valence-corrected chi connectivity index (χ0v) is 21.1. The van der Waals surface area contributed by atoms with Crippen LogP contribution in [0.15, 0.2) is 43.0 Å². The molecule has 0 amide bonds. The minimum Gasteiger partial charge on any atom is -0.480 e. The van der Waals surface area contributed by atoms with E-state index in [4.69, 9.17) is 9.72 Å². The molecule has 4 aromatic heterocycles. The average Bonchev–Trinajstić information content (AvgIpc) is 3.50. The van der Waals surface area contributed by atoms with Crippen molar-refractivity contribution in [1.29, 1.82) is 0 Å². The number of fused-ring (bicyclic) bond motifs is 1. The second-order valence-electron chi connectivity index (χ2n) is 9.19. The summed E-state index contributed by atoms with van der Waals surface area (Å²) in [5, 5.41) is 7.04. The van der Waals surface area contributed by atoms with Crippen LogP contribution >= 0.6 is 0 Å². The van der Waals surface area contributed by atoms with Gasteiger partial charge in [-0.15, -0.1) is 0 Å². The first-order valence-electron chi connectivity index (χ1n) is 12.4. The topological polar surface area (TPSA) is 119 Å². The fraction of sp³-hybridized carbons (Fsp3) is 0.308. The number of H-pyrrole nitrogens is 1. The highest BCUT2D eigenvalue weighted by Gasteiger charge is 2.35. The van der Waals surface area contributed by atoms with Crippen LogP contribution in [0.25, 0.3) is 33.8 Å². The van der Waals surface area contributed by atoms with Crippen LogP contribution in [0.1, 0.15) is 42.6 Å². The molecule has 5 aromatic rings. The van der Waals surface area contributed by atoms with Gasteiger partial charge >= 0.3 is 6.18 Å². The molecule has 0 saturated heterocycles. The zero-order valence-electron chi connectivity index (χ0n) is 21.1. The summed E-state index contributed by atoms with van der Waals surface area (Å²) >= 11 is 0. The van der Waals surface area contributed by atoms with Crippen molar-refractivity contribution in [3.05, 3.63) is 59.9 Å². The first kappa shape index (κ1) is 24.8. The van der Waals surface area contributed by atoms with E-state index in [1.807, 2.05) is 12.1 Å². The van der Waals surface area contributed by atoms with Gasteiger partial charge in [0.15, 0.2) is 23.0 Å². The van der Waals surface area contributed by atoms with Crippen molar-refractivity contribution >= 4 is 17.0 Å². The van der Waals surface area contributed by atoms with Gasteiger partial charge in [-0.05, 0) is 37.0 Å². The zero-order chi connectivity index (χ0) is 27.1. The third-order valence-electron chi connectivity index (χ3n) is 6.59. The average molecular weight is 536 g/mol. The van der Waals surface area contributed by atoms with Crippen LogP contribution in [0, 0.1) is 0 Å². The summed E-state index contributed by atoms with van der Waals surface area (Å²) in [4.78, 5) is 25.6. The number of benzene rings is 1. The molecule has 1 aliphatic rings. The summed E-state index contributed by atoms with van der Waals surface area (Å²) in [5.41, 5.74) is 3.71. The van der Waals surface area contributed by atoms with E-state index in [0.29, 0.717) is 64.5 Å². The van der Waals surface area contributed by atoms with E-state index < -0.39 is 11.9 Å². The predicted molar refractivity (Wildman–Crippen MR) is 137 cm³/mol. The largest absolute Gasteiger partial charge is 0.480 e. The number of alkyl halides is 3. The number of methoxy groups -OCH3 is 1. The molecule has 0 spiro atoms.